The van der Waals surface area contributed by atoms with Crippen LogP contribution in [-0.2, 0) is 0 Å². The molecule has 0 atom stereocenters. The van der Waals surface area contributed by atoms with Gasteiger partial charge in [-0.15, -0.1) is 0 Å². The highest BCUT2D eigenvalue weighted by Gasteiger charge is 2.10. The average molecular weight is 216 g/mol. The molecular formula is C12H16N4. The van der Waals surface area contributed by atoms with Crippen LogP contribution < -0.4 is 11.3 Å². The van der Waals surface area contributed by atoms with Crippen LogP contribution in [0, 0.1) is 20.8 Å². The van der Waals surface area contributed by atoms with Crippen molar-refractivity contribution >= 4 is 5.95 Å². The van der Waals surface area contributed by atoms with Gasteiger partial charge in [0.1, 0.15) is 0 Å². The molecule has 0 saturated heterocycles. The van der Waals surface area contributed by atoms with Crippen molar-refractivity contribution in [3.63, 3.8) is 0 Å². The maximum absolute atomic E-state index is 5.33. The Labute approximate surface area is 94.9 Å². The maximum Gasteiger partial charge on any atom is 0.215 e. The van der Waals surface area contributed by atoms with E-state index in [4.69, 9.17) is 5.84 Å². The second kappa shape index (κ2) is 3.98. The van der Waals surface area contributed by atoms with E-state index in [0.29, 0.717) is 5.95 Å². The number of nitrogens with zero attached hydrogens (tertiary/aromatic N) is 1. The summed E-state index contributed by atoms with van der Waals surface area (Å²) < 4.78 is 0. The lowest BCUT2D eigenvalue weighted by atomic mass is 10.0. The van der Waals surface area contributed by atoms with Crippen molar-refractivity contribution in [1.82, 2.24) is 9.97 Å². The number of hydrogen-bond acceptors (Lipinski definition) is 3. The second-order valence-electron chi connectivity index (χ2n) is 4.02. The fourth-order valence-corrected chi connectivity index (χ4v) is 1.78. The van der Waals surface area contributed by atoms with Crippen LogP contribution in [0.4, 0.5) is 5.95 Å². The Kier molecular flexibility index (Phi) is 2.66. The molecule has 2 aromatic rings. The SMILES string of the molecule is Cc1ccc(C)c(-c2nc(NN)[nH]c2C)c1. The number of nitrogen functional groups attached to an aromatic ring is 1. The molecule has 0 aliphatic heterocycles. The number of hydrogen-bond donors (Lipinski definition) is 3. The van der Waals surface area contributed by atoms with Crippen molar-refractivity contribution in [2.75, 3.05) is 5.43 Å². The van der Waals surface area contributed by atoms with Gasteiger partial charge in [-0.2, -0.15) is 0 Å². The lowest BCUT2D eigenvalue weighted by Gasteiger charge is -2.04. The normalized spacial score (nSPS) is 10.5. The van der Waals surface area contributed by atoms with E-state index in [2.05, 4.69) is 47.4 Å². The number of nitrogens with two attached hydrogens (primary N) is 1. The summed E-state index contributed by atoms with van der Waals surface area (Å²) in [5, 5.41) is 0. The number of imidazole rings is 1. The lowest BCUT2D eigenvalue weighted by molar-refractivity contribution is 1.18. The van der Waals surface area contributed by atoms with Crippen LogP contribution in [0.1, 0.15) is 16.8 Å². The summed E-state index contributed by atoms with van der Waals surface area (Å²) in [6, 6.07) is 6.34. The van der Waals surface area contributed by atoms with Gasteiger partial charge < -0.3 is 4.98 Å². The number of anilines is 1. The number of rotatable bonds is 2. The number of aryl methyl sites for hydroxylation is 3. The van der Waals surface area contributed by atoms with Gasteiger partial charge in [0, 0.05) is 11.3 Å². The zero-order valence-electron chi connectivity index (χ0n) is 9.76. The Morgan fingerprint density at radius 1 is 1.25 bits per heavy atom. The molecule has 0 spiro atoms. The standard InChI is InChI=1S/C12H16N4/c1-7-4-5-8(2)10(6-7)11-9(3)14-12(15-11)16-13/h4-6H,13H2,1-3H3,(H2,14,15,16). The molecule has 1 aromatic heterocycles. The third kappa shape index (κ3) is 1.79. The van der Waals surface area contributed by atoms with E-state index in [0.717, 1.165) is 17.0 Å². The Morgan fingerprint density at radius 2 is 2.00 bits per heavy atom. The molecule has 1 heterocycles. The first-order valence-electron chi connectivity index (χ1n) is 5.22. The monoisotopic (exact) mass is 216 g/mol. The highest BCUT2D eigenvalue weighted by Crippen LogP contribution is 2.26. The molecule has 0 fully saturated rings. The predicted octanol–water partition coefficient (Wildman–Crippen LogP) is 2.29. The minimum absolute atomic E-state index is 0.591. The van der Waals surface area contributed by atoms with Gasteiger partial charge in [0.05, 0.1) is 5.69 Å². The Balaban J connectivity index is 2.57. The summed E-state index contributed by atoms with van der Waals surface area (Å²) in [7, 11) is 0. The van der Waals surface area contributed by atoms with Crippen molar-refractivity contribution in [2.24, 2.45) is 5.84 Å². The molecule has 84 valence electrons. The Hall–Kier alpha value is -1.81. The van der Waals surface area contributed by atoms with Gasteiger partial charge in [0.25, 0.3) is 0 Å². The van der Waals surface area contributed by atoms with Crippen LogP contribution in [0.25, 0.3) is 11.3 Å². The molecule has 4 heteroatoms. The second-order valence-corrected chi connectivity index (χ2v) is 4.02. The molecule has 0 unspecified atom stereocenters. The van der Waals surface area contributed by atoms with Crippen LogP contribution in [0.15, 0.2) is 18.2 Å². The van der Waals surface area contributed by atoms with E-state index in [1.807, 2.05) is 6.92 Å². The highest BCUT2D eigenvalue weighted by atomic mass is 15.3. The summed E-state index contributed by atoms with van der Waals surface area (Å²) in [5.41, 5.74) is 8.08. The fourth-order valence-electron chi connectivity index (χ4n) is 1.78. The summed E-state index contributed by atoms with van der Waals surface area (Å²) in [6.45, 7) is 6.15. The smallest absolute Gasteiger partial charge is 0.215 e. The van der Waals surface area contributed by atoms with E-state index in [1.165, 1.54) is 11.1 Å². The molecule has 0 aliphatic rings. The van der Waals surface area contributed by atoms with Gasteiger partial charge in [-0.25, -0.2) is 10.8 Å². The number of benzene rings is 1. The van der Waals surface area contributed by atoms with E-state index < -0.39 is 0 Å². The fraction of sp³-hybridized carbons (Fsp3) is 0.250. The van der Waals surface area contributed by atoms with Crippen molar-refractivity contribution in [3.05, 3.63) is 35.0 Å². The van der Waals surface area contributed by atoms with E-state index in [-0.39, 0.29) is 0 Å². The average Bonchev–Trinajstić information content (AvgIpc) is 2.63. The summed E-state index contributed by atoms with van der Waals surface area (Å²) in [4.78, 5) is 7.50. The first-order chi connectivity index (χ1) is 7.61. The number of aromatic nitrogens is 2. The van der Waals surface area contributed by atoms with Gasteiger partial charge >= 0.3 is 0 Å². The number of aromatic amines is 1. The van der Waals surface area contributed by atoms with Crippen LogP contribution in [0.3, 0.4) is 0 Å². The minimum Gasteiger partial charge on any atom is -0.327 e. The molecular weight excluding hydrogens is 200 g/mol. The third-order valence-corrected chi connectivity index (χ3v) is 2.67. The number of H-pyrrole nitrogens is 1. The zero-order chi connectivity index (χ0) is 11.7. The Morgan fingerprint density at radius 3 is 2.62 bits per heavy atom. The first kappa shape index (κ1) is 10.7. The van der Waals surface area contributed by atoms with Crippen molar-refractivity contribution in [1.29, 1.82) is 0 Å². The molecule has 4 N–H and O–H groups in total. The predicted molar refractivity (Wildman–Crippen MR) is 66.0 cm³/mol. The van der Waals surface area contributed by atoms with Crippen molar-refractivity contribution in [2.45, 2.75) is 20.8 Å². The van der Waals surface area contributed by atoms with E-state index >= 15 is 0 Å². The molecule has 0 radical (unpaired) electrons. The molecule has 0 amide bonds. The molecule has 2 rings (SSSR count). The Bertz CT molecular complexity index is 514. The molecule has 0 saturated carbocycles. The maximum atomic E-state index is 5.33. The summed E-state index contributed by atoms with van der Waals surface area (Å²) in [6.07, 6.45) is 0. The van der Waals surface area contributed by atoms with Crippen LogP contribution >= 0.6 is 0 Å². The zero-order valence-corrected chi connectivity index (χ0v) is 9.76. The van der Waals surface area contributed by atoms with Gasteiger partial charge in [-0.05, 0) is 32.4 Å². The largest absolute Gasteiger partial charge is 0.327 e. The number of hydrazine groups is 1. The van der Waals surface area contributed by atoms with Crippen molar-refractivity contribution < 1.29 is 0 Å². The molecule has 0 aliphatic carbocycles. The summed E-state index contributed by atoms with van der Waals surface area (Å²) >= 11 is 0. The van der Waals surface area contributed by atoms with Gasteiger partial charge in [-0.3, -0.25) is 5.43 Å². The van der Waals surface area contributed by atoms with Gasteiger partial charge in [0.15, 0.2) is 0 Å². The van der Waals surface area contributed by atoms with E-state index in [1.54, 1.807) is 0 Å². The van der Waals surface area contributed by atoms with Crippen LogP contribution in [0.2, 0.25) is 0 Å². The van der Waals surface area contributed by atoms with Crippen LogP contribution in [-0.4, -0.2) is 9.97 Å². The van der Waals surface area contributed by atoms with Gasteiger partial charge in [-0.1, -0.05) is 17.7 Å². The molecule has 1 aromatic carbocycles. The number of nitrogens with one attached hydrogen (secondary N) is 2. The first-order valence-corrected chi connectivity index (χ1v) is 5.22. The van der Waals surface area contributed by atoms with Crippen molar-refractivity contribution in [3.8, 4) is 11.3 Å². The molecule has 0 bridgehead atoms. The summed E-state index contributed by atoms with van der Waals surface area (Å²) in [5.74, 6) is 5.93. The van der Waals surface area contributed by atoms with Crippen LogP contribution in [0.5, 0.6) is 0 Å². The third-order valence-electron chi connectivity index (χ3n) is 2.67. The highest BCUT2D eigenvalue weighted by molar-refractivity contribution is 5.68. The molecule has 4 nitrogen and oxygen atoms in total. The topological polar surface area (TPSA) is 66.7 Å². The van der Waals surface area contributed by atoms with E-state index in [9.17, 15) is 0 Å². The quantitative estimate of drug-likeness (QED) is 0.533. The molecule has 16 heavy (non-hydrogen) atoms. The van der Waals surface area contributed by atoms with Gasteiger partial charge in [0.2, 0.25) is 5.95 Å². The lowest BCUT2D eigenvalue weighted by Crippen LogP contribution is -2.07. The minimum atomic E-state index is 0.591.